The van der Waals surface area contributed by atoms with Gasteiger partial charge in [0.2, 0.25) is 5.54 Å². The van der Waals surface area contributed by atoms with E-state index in [4.69, 9.17) is 15.2 Å². The van der Waals surface area contributed by atoms with Crippen LogP contribution in [0.5, 0.6) is 5.75 Å². The molecule has 3 aliphatic heterocycles. The van der Waals surface area contributed by atoms with E-state index in [0.29, 0.717) is 17.9 Å². The topological polar surface area (TPSA) is 77.2 Å². The molecular formula is C15H16BrN3O3. The average Bonchev–Trinajstić information content (AvgIpc) is 2.74. The van der Waals surface area contributed by atoms with Gasteiger partial charge in [0, 0.05) is 23.7 Å². The summed E-state index contributed by atoms with van der Waals surface area (Å²) in [6.45, 7) is 0.599. The number of rotatable bonds is 0. The molecular weight excluding hydrogens is 350 g/mol. The first-order chi connectivity index (χ1) is 10.5. The number of guanidine groups is 1. The van der Waals surface area contributed by atoms with Crippen LogP contribution in [0.1, 0.15) is 18.4 Å². The minimum atomic E-state index is -1.14. The minimum absolute atomic E-state index is 0.162. The predicted molar refractivity (Wildman–Crippen MR) is 83.6 cm³/mol. The largest absolute Gasteiger partial charge is 0.487 e. The highest BCUT2D eigenvalue weighted by Crippen LogP contribution is 2.49. The van der Waals surface area contributed by atoms with Crippen molar-refractivity contribution in [2.24, 2.45) is 10.7 Å². The maximum Gasteiger partial charge on any atom is 0.264 e. The van der Waals surface area contributed by atoms with Gasteiger partial charge in [0.15, 0.2) is 5.96 Å². The van der Waals surface area contributed by atoms with Crippen LogP contribution in [0.15, 0.2) is 27.7 Å². The number of fused-ring (bicyclic) bond motifs is 4. The number of hydrogen-bond donors (Lipinski definition) is 1. The molecule has 0 radical (unpaired) electrons. The molecule has 0 bridgehead atoms. The fraction of sp³-hybridized carbons (Fsp3) is 0.467. The third kappa shape index (κ3) is 1.69. The first-order valence-electron chi connectivity index (χ1n) is 7.26. The van der Waals surface area contributed by atoms with E-state index >= 15 is 0 Å². The summed E-state index contributed by atoms with van der Waals surface area (Å²) in [5.74, 6) is 0.727. The minimum Gasteiger partial charge on any atom is -0.487 e. The Bertz CT molecular complexity index is 693. The highest BCUT2D eigenvalue weighted by Gasteiger charge is 2.61. The van der Waals surface area contributed by atoms with Gasteiger partial charge in [0.25, 0.3) is 5.91 Å². The lowest BCUT2D eigenvalue weighted by atomic mass is 9.77. The number of aliphatic imine (C=N–C) groups is 1. The van der Waals surface area contributed by atoms with E-state index in [2.05, 4.69) is 20.9 Å². The molecule has 0 unspecified atom stereocenters. The van der Waals surface area contributed by atoms with Crippen molar-refractivity contribution in [1.82, 2.24) is 4.90 Å². The summed E-state index contributed by atoms with van der Waals surface area (Å²) < 4.78 is 12.9. The van der Waals surface area contributed by atoms with Crippen LogP contribution in [-0.4, -0.2) is 42.6 Å². The number of amides is 1. The van der Waals surface area contributed by atoms with Crippen molar-refractivity contribution in [2.45, 2.75) is 30.6 Å². The molecule has 1 spiro atoms. The van der Waals surface area contributed by atoms with Gasteiger partial charge in [-0.3, -0.25) is 9.69 Å². The molecule has 1 saturated heterocycles. The van der Waals surface area contributed by atoms with Crippen molar-refractivity contribution >= 4 is 27.8 Å². The molecule has 1 aromatic carbocycles. The van der Waals surface area contributed by atoms with E-state index in [1.165, 1.54) is 4.90 Å². The Balaban J connectivity index is 1.97. The number of carbonyl (C=O) groups excluding carboxylic acids is 1. The zero-order chi connectivity index (χ0) is 15.5. The molecule has 7 heteroatoms. The van der Waals surface area contributed by atoms with Gasteiger partial charge in [0.1, 0.15) is 18.0 Å². The van der Waals surface area contributed by atoms with Crippen LogP contribution in [-0.2, 0) is 15.1 Å². The van der Waals surface area contributed by atoms with Crippen LogP contribution in [0.3, 0.4) is 0 Å². The van der Waals surface area contributed by atoms with Crippen molar-refractivity contribution in [3.8, 4) is 5.75 Å². The summed E-state index contributed by atoms with van der Waals surface area (Å²) in [5.41, 5.74) is 5.51. The van der Waals surface area contributed by atoms with Crippen LogP contribution in [0.25, 0.3) is 0 Å². The molecule has 3 atom stereocenters. The van der Waals surface area contributed by atoms with Crippen LogP contribution >= 0.6 is 15.9 Å². The van der Waals surface area contributed by atoms with E-state index < -0.39 is 11.6 Å². The molecule has 1 aromatic rings. The lowest BCUT2D eigenvalue weighted by Gasteiger charge is -2.45. The predicted octanol–water partition coefficient (Wildman–Crippen LogP) is 1.37. The number of nitrogens with zero attached hydrogens (tertiary/aromatic N) is 2. The lowest BCUT2D eigenvalue weighted by molar-refractivity contribution is -0.151. The summed E-state index contributed by atoms with van der Waals surface area (Å²) in [5, 5.41) is 0. The molecule has 3 heterocycles. The van der Waals surface area contributed by atoms with Gasteiger partial charge >= 0.3 is 0 Å². The number of hydrogen-bond acceptors (Lipinski definition) is 5. The van der Waals surface area contributed by atoms with E-state index in [-0.39, 0.29) is 18.0 Å². The fourth-order valence-corrected chi connectivity index (χ4v) is 3.87. The smallest absolute Gasteiger partial charge is 0.264 e. The Morgan fingerprint density at radius 2 is 2.32 bits per heavy atom. The Morgan fingerprint density at radius 3 is 3.05 bits per heavy atom. The van der Waals surface area contributed by atoms with E-state index in [0.717, 1.165) is 17.3 Å². The third-order valence-electron chi connectivity index (χ3n) is 4.58. The van der Waals surface area contributed by atoms with E-state index in [1.807, 2.05) is 18.2 Å². The number of halogens is 1. The number of ether oxygens (including phenoxy) is 2. The monoisotopic (exact) mass is 365 g/mol. The summed E-state index contributed by atoms with van der Waals surface area (Å²) in [6, 6.07) is 5.63. The summed E-state index contributed by atoms with van der Waals surface area (Å²) in [4.78, 5) is 18.9. The van der Waals surface area contributed by atoms with Gasteiger partial charge in [-0.15, -0.1) is 0 Å². The number of nitrogens with two attached hydrogens (primary N) is 1. The molecule has 6 nitrogen and oxygen atoms in total. The van der Waals surface area contributed by atoms with Crippen molar-refractivity contribution < 1.29 is 14.3 Å². The zero-order valence-electron chi connectivity index (χ0n) is 12.1. The molecule has 0 aliphatic carbocycles. The second-order valence-electron chi connectivity index (χ2n) is 5.83. The molecule has 116 valence electrons. The molecule has 1 amide bonds. The molecule has 3 aliphatic rings. The SMILES string of the molecule is CN1C(=O)[C@]2(N=C1N)c1cc(Br)ccc1O[C@H]1CCCO[C@H]12. The summed E-state index contributed by atoms with van der Waals surface area (Å²) in [7, 11) is 1.64. The van der Waals surface area contributed by atoms with Crippen LogP contribution in [0.2, 0.25) is 0 Å². The first kappa shape index (κ1) is 14.0. The Hall–Kier alpha value is -1.60. The number of likely N-dealkylation sites (N-methyl/N-ethyl adjacent to an activating group) is 1. The fourth-order valence-electron chi connectivity index (χ4n) is 3.51. The average molecular weight is 366 g/mol. The third-order valence-corrected chi connectivity index (χ3v) is 5.07. The molecule has 22 heavy (non-hydrogen) atoms. The molecule has 2 N–H and O–H groups in total. The zero-order valence-corrected chi connectivity index (χ0v) is 13.7. The lowest BCUT2D eigenvalue weighted by Crippen LogP contribution is -2.58. The first-order valence-corrected chi connectivity index (χ1v) is 8.05. The van der Waals surface area contributed by atoms with Gasteiger partial charge in [0.05, 0.1) is 0 Å². The van der Waals surface area contributed by atoms with Gasteiger partial charge in [-0.05, 0) is 31.0 Å². The van der Waals surface area contributed by atoms with Crippen molar-refractivity contribution in [2.75, 3.05) is 13.7 Å². The summed E-state index contributed by atoms with van der Waals surface area (Å²) in [6.07, 6.45) is 1.12. The second-order valence-corrected chi connectivity index (χ2v) is 6.75. The van der Waals surface area contributed by atoms with Gasteiger partial charge < -0.3 is 15.2 Å². The van der Waals surface area contributed by atoms with Gasteiger partial charge in [-0.25, -0.2) is 4.99 Å². The van der Waals surface area contributed by atoms with Crippen LogP contribution < -0.4 is 10.5 Å². The van der Waals surface area contributed by atoms with Gasteiger partial charge in [-0.2, -0.15) is 0 Å². The maximum absolute atomic E-state index is 13.0. The highest BCUT2D eigenvalue weighted by atomic mass is 79.9. The molecule has 0 aromatic heterocycles. The Kier molecular flexibility index (Phi) is 2.99. The second kappa shape index (κ2) is 4.70. The Morgan fingerprint density at radius 1 is 1.50 bits per heavy atom. The van der Waals surface area contributed by atoms with Gasteiger partial charge in [-0.1, -0.05) is 15.9 Å². The maximum atomic E-state index is 13.0. The van der Waals surface area contributed by atoms with Crippen LogP contribution in [0, 0.1) is 0 Å². The standard InChI is InChI=1S/C15H16BrN3O3/c1-19-13(20)15(18-14(19)17)9-7-8(16)4-5-10(9)22-11-3-2-6-21-12(11)15/h4-5,7,11-12H,2-3,6H2,1H3,(H2,17,18)/t11-,12+,15-/m0/s1. The van der Waals surface area contributed by atoms with Crippen LogP contribution in [0.4, 0.5) is 0 Å². The quantitative estimate of drug-likeness (QED) is 0.753. The van der Waals surface area contributed by atoms with Crippen molar-refractivity contribution in [1.29, 1.82) is 0 Å². The number of carbonyl (C=O) groups is 1. The highest BCUT2D eigenvalue weighted by molar-refractivity contribution is 9.10. The van der Waals surface area contributed by atoms with Crippen molar-refractivity contribution in [3.63, 3.8) is 0 Å². The van der Waals surface area contributed by atoms with Crippen molar-refractivity contribution in [3.05, 3.63) is 28.2 Å². The molecule has 1 fully saturated rings. The summed E-state index contributed by atoms with van der Waals surface area (Å²) >= 11 is 3.46. The molecule has 4 rings (SSSR count). The normalized spacial score (nSPS) is 33.3. The Labute approximate surface area is 136 Å². The van der Waals surface area contributed by atoms with E-state index in [9.17, 15) is 4.79 Å². The number of benzene rings is 1. The molecule has 0 saturated carbocycles. The van der Waals surface area contributed by atoms with E-state index in [1.54, 1.807) is 7.05 Å².